The van der Waals surface area contributed by atoms with E-state index in [2.05, 4.69) is 5.10 Å². The molecule has 94 valence electrons. The van der Waals surface area contributed by atoms with E-state index in [9.17, 15) is 4.79 Å². The third kappa shape index (κ3) is 2.69. The lowest BCUT2D eigenvalue weighted by Crippen LogP contribution is -2.39. The average Bonchev–Trinajstić information content (AvgIpc) is 2.76. The number of nitrogens with zero attached hydrogens (tertiary/aromatic N) is 3. The summed E-state index contributed by atoms with van der Waals surface area (Å²) < 4.78 is 6.86. The molecular weight excluding hydrogens is 220 g/mol. The lowest BCUT2D eigenvalue weighted by molar-refractivity contribution is 0.0916. The summed E-state index contributed by atoms with van der Waals surface area (Å²) in [5, 5.41) is 4.20. The van der Waals surface area contributed by atoms with Gasteiger partial charge in [-0.15, -0.1) is 0 Å². The first-order valence-electron chi connectivity index (χ1n) is 5.93. The van der Waals surface area contributed by atoms with Crippen LogP contribution in [0.4, 0.5) is 10.6 Å². The summed E-state index contributed by atoms with van der Waals surface area (Å²) in [6.07, 6.45) is 3.45. The zero-order chi connectivity index (χ0) is 12.3. The number of ether oxygens (including phenoxy) is 1. The van der Waals surface area contributed by atoms with Gasteiger partial charge >= 0.3 is 6.09 Å². The van der Waals surface area contributed by atoms with Gasteiger partial charge in [0.1, 0.15) is 5.82 Å². The Morgan fingerprint density at radius 3 is 2.82 bits per heavy atom. The Hall–Kier alpha value is -1.72. The van der Waals surface area contributed by atoms with E-state index in [4.69, 9.17) is 10.5 Å². The highest BCUT2D eigenvalue weighted by Gasteiger charge is 2.24. The summed E-state index contributed by atoms with van der Waals surface area (Å²) in [6, 6.07) is 2.12. The first-order valence-corrected chi connectivity index (χ1v) is 5.93. The maximum Gasteiger partial charge on any atom is 0.409 e. The molecule has 0 radical (unpaired) electrons. The Labute approximate surface area is 100 Å². The molecule has 0 atom stereocenters. The Morgan fingerprint density at radius 1 is 1.59 bits per heavy atom. The topological polar surface area (TPSA) is 73.4 Å². The number of piperidine rings is 1. The first kappa shape index (κ1) is 11.8. The van der Waals surface area contributed by atoms with E-state index in [0.717, 1.165) is 12.8 Å². The first-order chi connectivity index (χ1) is 8.20. The van der Waals surface area contributed by atoms with Crippen LogP contribution in [0.2, 0.25) is 0 Å². The van der Waals surface area contributed by atoms with Gasteiger partial charge < -0.3 is 15.4 Å². The highest BCUT2D eigenvalue weighted by molar-refractivity contribution is 5.67. The van der Waals surface area contributed by atoms with E-state index in [0.29, 0.717) is 31.6 Å². The molecule has 1 fully saturated rings. The van der Waals surface area contributed by atoms with Gasteiger partial charge in [-0.05, 0) is 25.8 Å². The number of aromatic nitrogens is 2. The van der Waals surface area contributed by atoms with Gasteiger partial charge in [0.15, 0.2) is 0 Å². The number of amides is 1. The quantitative estimate of drug-likeness (QED) is 0.841. The Kier molecular flexibility index (Phi) is 3.51. The molecule has 1 aliphatic heterocycles. The SMILES string of the molecule is CCOC(=O)N1CCC(n2ccc(N)n2)CC1. The fraction of sp³-hybridized carbons (Fsp3) is 0.636. The predicted octanol–water partition coefficient (Wildman–Crippen LogP) is 1.26. The molecule has 1 saturated heterocycles. The van der Waals surface area contributed by atoms with Gasteiger partial charge in [-0.2, -0.15) is 5.10 Å². The number of nitrogen functional groups attached to an aromatic ring is 1. The van der Waals surface area contributed by atoms with Crippen molar-refractivity contribution in [2.75, 3.05) is 25.4 Å². The van der Waals surface area contributed by atoms with Crippen LogP contribution in [0.3, 0.4) is 0 Å². The number of carbonyl (C=O) groups is 1. The molecule has 2 N–H and O–H groups in total. The number of anilines is 1. The number of carbonyl (C=O) groups excluding carboxylic acids is 1. The molecule has 0 aromatic carbocycles. The Morgan fingerprint density at radius 2 is 2.29 bits per heavy atom. The second kappa shape index (κ2) is 5.07. The lowest BCUT2D eigenvalue weighted by Gasteiger charge is -2.31. The second-order valence-corrected chi connectivity index (χ2v) is 4.14. The van der Waals surface area contributed by atoms with Crippen LogP contribution in [0.1, 0.15) is 25.8 Å². The molecule has 0 spiro atoms. The van der Waals surface area contributed by atoms with Crippen molar-refractivity contribution in [1.82, 2.24) is 14.7 Å². The molecule has 2 rings (SSSR count). The molecule has 6 nitrogen and oxygen atoms in total. The fourth-order valence-electron chi connectivity index (χ4n) is 2.08. The maximum atomic E-state index is 11.5. The summed E-state index contributed by atoms with van der Waals surface area (Å²) in [4.78, 5) is 13.2. The number of hydrogen-bond donors (Lipinski definition) is 1. The van der Waals surface area contributed by atoms with Crippen molar-refractivity contribution in [2.24, 2.45) is 0 Å². The number of hydrogen-bond acceptors (Lipinski definition) is 4. The highest BCUT2D eigenvalue weighted by atomic mass is 16.6. The van der Waals surface area contributed by atoms with Crippen molar-refractivity contribution >= 4 is 11.9 Å². The van der Waals surface area contributed by atoms with Crippen molar-refractivity contribution in [2.45, 2.75) is 25.8 Å². The van der Waals surface area contributed by atoms with E-state index >= 15 is 0 Å². The van der Waals surface area contributed by atoms with Crippen LogP contribution < -0.4 is 5.73 Å². The molecule has 6 heteroatoms. The normalized spacial score (nSPS) is 17.1. The number of rotatable bonds is 2. The highest BCUT2D eigenvalue weighted by Crippen LogP contribution is 2.22. The van der Waals surface area contributed by atoms with Gasteiger partial charge in [-0.3, -0.25) is 4.68 Å². The zero-order valence-electron chi connectivity index (χ0n) is 10.0. The van der Waals surface area contributed by atoms with Crippen molar-refractivity contribution in [3.8, 4) is 0 Å². The van der Waals surface area contributed by atoms with Crippen molar-refractivity contribution in [3.05, 3.63) is 12.3 Å². The Bertz CT molecular complexity index is 383. The summed E-state index contributed by atoms with van der Waals surface area (Å²) >= 11 is 0. The van der Waals surface area contributed by atoms with Crippen LogP contribution in [0.5, 0.6) is 0 Å². The van der Waals surface area contributed by atoms with Crippen LogP contribution in [0.15, 0.2) is 12.3 Å². The molecule has 1 aromatic heterocycles. The molecule has 0 saturated carbocycles. The summed E-state index contributed by atoms with van der Waals surface area (Å²) in [5.74, 6) is 0.540. The third-order valence-electron chi connectivity index (χ3n) is 2.99. The molecule has 1 aliphatic rings. The van der Waals surface area contributed by atoms with E-state index in [1.54, 1.807) is 11.0 Å². The van der Waals surface area contributed by atoms with E-state index in [-0.39, 0.29) is 6.09 Å². The van der Waals surface area contributed by atoms with E-state index in [1.807, 2.05) is 17.8 Å². The van der Waals surface area contributed by atoms with E-state index in [1.165, 1.54) is 0 Å². The maximum absolute atomic E-state index is 11.5. The number of likely N-dealkylation sites (tertiary alicyclic amines) is 1. The second-order valence-electron chi connectivity index (χ2n) is 4.14. The van der Waals surface area contributed by atoms with Gasteiger partial charge in [0.25, 0.3) is 0 Å². The minimum absolute atomic E-state index is 0.217. The lowest BCUT2D eigenvalue weighted by atomic mass is 10.1. The largest absolute Gasteiger partial charge is 0.450 e. The predicted molar refractivity (Wildman–Crippen MR) is 63.5 cm³/mol. The molecule has 1 aromatic rings. The van der Waals surface area contributed by atoms with Crippen molar-refractivity contribution in [1.29, 1.82) is 0 Å². The minimum Gasteiger partial charge on any atom is -0.450 e. The van der Waals surface area contributed by atoms with Gasteiger partial charge in [-0.25, -0.2) is 4.79 Å². The molecular formula is C11H18N4O2. The minimum atomic E-state index is -0.217. The molecule has 2 heterocycles. The Balaban J connectivity index is 1.88. The summed E-state index contributed by atoms with van der Waals surface area (Å²) in [5.41, 5.74) is 5.58. The smallest absolute Gasteiger partial charge is 0.409 e. The molecule has 17 heavy (non-hydrogen) atoms. The van der Waals surface area contributed by atoms with Gasteiger partial charge in [0, 0.05) is 19.3 Å². The average molecular weight is 238 g/mol. The molecule has 1 amide bonds. The van der Waals surface area contributed by atoms with E-state index < -0.39 is 0 Å². The van der Waals surface area contributed by atoms with Gasteiger partial charge in [0.05, 0.1) is 12.6 Å². The van der Waals surface area contributed by atoms with Crippen LogP contribution in [-0.2, 0) is 4.74 Å². The molecule has 0 unspecified atom stereocenters. The van der Waals surface area contributed by atoms with Gasteiger partial charge in [-0.1, -0.05) is 0 Å². The van der Waals surface area contributed by atoms with Crippen molar-refractivity contribution in [3.63, 3.8) is 0 Å². The van der Waals surface area contributed by atoms with Crippen LogP contribution >= 0.6 is 0 Å². The van der Waals surface area contributed by atoms with Crippen LogP contribution in [0, 0.1) is 0 Å². The molecule has 0 bridgehead atoms. The standard InChI is InChI=1S/C11H18N4O2/c1-2-17-11(16)14-6-3-9(4-7-14)15-8-5-10(12)13-15/h5,8-9H,2-4,6-7H2,1H3,(H2,12,13). The van der Waals surface area contributed by atoms with Crippen molar-refractivity contribution < 1.29 is 9.53 Å². The van der Waals surface area contributed by atoms with Gasteiger partial charge in [0.2, 0.25) is 0 Å². The van der Waals surface area contributed by atoms with Crippen LogP contribution in [0.25, 0.3) is 0 Å². The summed E-state index contributed by atoms with van der Waals surface area (Å²) in [7, 11) is 0. The number of nitrogens with two attached hydrogens (primary N) is 1. The summed E-state index contributed by atoms with van der Waals surface area (Å²) in [6.45, 7) is 3.66. The monoisotopic (exact) mass is 238 g/mol. The zero-order valence-corrected chi connectivity index (χ0v) is 10.0. The molecule has 0 aliphatic carbocycles. The van der Waals surface area contributed by atoms with Crippen LogP contribution in [-0.4, -0.2) is 40.5 Å². The fourth-order valence-corrected chi connectivity index (χ4v) is 2.08. The third-order valence-corrected chi connectivity index (χ3v) is 2.99.